The highest BCUT2D eigenvalue weighted by atomic mass is 32.2. The molecule has 0 saturated carbocycles. The van der Waals surface area contributed by atoms with Gasteiger partial charge in [0, 0.05) is 23.5 Å². The van der Waals surface area contributed by atoms with Crippen LogP contribution in [-0.2, 0) is 13.0 Å². The molecule has 0 radical (unpaired) electrons. The molecule has 0 amide bonds. The first-order chi connectivity index (χ1) is 10.6. The van der Waals surface area contributed by atoms with E-state index in [1.807, 2.05) is 12.1 Å². The van der Waals surface area contributed by atoms with E-state index < -0.39 is 0 Å². The third-order valence-corrected chi connectivity index (χ3v) is 5.45. The van der Waals surface area contributed by atoms with Crippen LogP contribution in [0.5, 0.6) is 5.75 Å². The molecule has 0 atom stereocenters. The van der Waals surface area contributed by atoms with Gasteiger partial charge in [-0.1, -0.05) is 6.92 Å². The lowest BCUT2D eigenvalue weighted by atomic mass is 10.0. The SMILES string of the molecule is CCc1c(SC)[nH]c2c(CN3CCC(N)CC3)c(O)ccc12. The molecule has 0 aliphatic carbocycles. The summed E-state index contributed by atoms with van der Waals surface area (Å²) in [5.74, 6) is 0.388. The van der Waals surface area contributed by atoms with Crippen LogP contribution in [0.15, 0.2) is 17.2 Å². The molecular weight excluding hydrogens is 294 g/mol. The van der Waals surface area contributed by atoms with Crippen molar-refractivity contribution in [3.05, 3.63) is 23.3 Å². The Hall–Kier alpha value is -1.17. The number of rotatable bonds is 4. The van der Waals surface area contributed by atoms with Crippen LogP contribution in [0.1, 0.15) is 30.9 Å². The zero-order valence-electron chi connectivity index (χ0n) is 13.4. The molecule has 2 heterocycles. The van der Waals surface area contributed by atoms with Crippen LogP contribution >= 0.6 is 11.8 Å². The number of benzene rings is 1. The molecule has 22 heavy (non-hydrogen) atoms. The van der Waals surface area contributed by atoms with Gasteiger partial charge in [0.2, 0.25) is 0 Å². The molecule has 4 nitrogen and oxygen atoms in total. The number of nitrogens with one attached hydrogen (secondary N) is 1. The van der Waals surface area contributed by atoms with Crippen molar-refractivity contribution in [2.75, 3.05) is 19.3 Å². The van der Waals surface area contributed by atoms with Crippen molar-refractivity contribution >= 4 is 22.7 Å². The monoisotopic (exact) mass is 319 g/mol. The maximum absolute atomic E-state index is 10.4. The van der Waals surface area contributed by atoms with Gasteiger partial charge in [0.1, 0.15) is 5.75 Å². The lowest BCUT2D eigenvalue weighted by molar-refractivity contribution is 0.204. The molecule has 4 N–H and O–H groups in total. The number of nitrogens with two attached hydrogens (primary N) is 1. The van der Waals surface area contributed by atoms with Crippen molar-refractivity contribution in [2.45, 2.75) is 43.8 Å². The minimum atomic E-state index is 0.334. The molecule has 1 aromatic heterocycles. The third kappa shape index (κ3) is 2.85. The van der Waals surface area contributed by atoms with Crippen LogP contribution < -0.4 is 5.73 Å². The highest BCUT2D eigenvalue weighted by Gasteiger charge is 2.20. The van der Waals surface area contributed by atoms with Crippen LogP contribution in [0.2, 0.25) is 0 Å². The van der Waals surface area contributed by atoms with E-state index >= 15 is 0 Å². The third-order valence-electron chi connectivity index (χ3n) is 4.70. The van der Waals surface area contributed by atoms with E-state index in [1.165, 1.54) is 16.0 Å². The molecular formula is C17H25N3OS. The van der Waals surface area contributed by atoms with Gasteiger partial charge in [0.05, 0.1) is 10.5 Å². The molecule has 5 heteroatoms. The van der Waals surface area contributed by atoms with Gasteiger partial charge < -0.3 is 15.8 Å². The Morgan fingerprint density at radius 3 is 2.68 bits per heavy atom. The molecule has 1 aliphatic heterocycles. The summed E-state index contributed by atoms with van der Waals surface area (Å²) in [6, 6.07) is 4.21. The molecule has 1 aromatic carbocycles. The van der Waals surface area contributed by atoms with E-state index in [0.717, 1.165) is 50.0 Å². The Kier molecular flexibility index (Phi) is 4.66. The maximum atomic E-state index is 10.4. The van der Waals surface area contributed by atoms with Crippen LogP contribution in [0.4, 0.5) is 0 Å². The van der Waals surface area contributed by atoms with Gasteiger partial charge >= 0.3 is 0 Å². The summed E-state index contributed by atoms with van der Waals surface area (Å²) in [5.41, 5.74) is 9.45. The Labute approximate surface area is 136 Å². The number of thioether (sulfide) groups is 1. The fourth-order valence-electron chi connectivity index (χ4n) is 3.36. The number of aromatic hydroxyl groups is 1. The summed E-state index contributed by atoms with van der Waals surface area (Å²) in [7, 11) is 0. The van der Waals surface area contributed by atoms with Crippen molar-refractivity contribution in [1.82, 2.24) is 9.88 Å². The quantitative estimate of drug-likeness (QED) is 0.758. The number of hydrogen-bond donors (Lipinski definition) is 3. The molecule has 2 aromatic rings. The minimum absolute atomic E-state index is 0.334. The first-order valence-corrected chi connectivity index (χ1v) is 9.23. The van der Waals surface area contributed by atoms with Crippen molar-refractivity contribution in [3.63, 3.8) is 0 Å². The summed E-state index contributed by atoms with van der Waals surface area (Å²) in [6.45, 7) is 4.98. The van der Waals surface area contributed by atoms with E-state index in [2.05, 4.69) is 23.1 Å². The summed E-state index contributed by atoms with van der Waals surface area (Å²) >= 11 is 1.74. The lowest BCUT2D eigenvalue weighted by Crippen LogP contribution is -2.39. The first kappa shape index (κ1) is 15.7. The topological polar surface area (TPSA) is 65.3 Å². The Bertz CT molecular complexity index is 659. The van der Waals surface area contributed by atoms with E-state index in [1.54, 1.807) is 11.8 Å². The number of hydrogen-bond acceptors (Lipinski definition) is 4. The van der Waals surface area contributed by atoms with Gasteiger partial charge in [0.25, 0.3) is 0 Å². The second-order valence-electron chi connectivity index (χ2n) is 6.09. The average molecular weight is 319 g/mol. The number of fused-ring (bicyclic) bond motifs is 1. The van der Waals surface area contributed by atoms with E-state index in [4.69, 9.17) is 5.73 Å². The second-order valence-corrected chi connectivity index (χ2v) is 6.91. The van der Waals surface area contributed by atoms with Gasteiger partial charge in [-0.2, -0.15) is 0 Å². The number of piperidine rings is 1. The van der Waals surface area contributed by atoms with Crippen molar-refractivity contribution in [3.8, 4) is 5.75 Å². The van der Waals surface area contributed by atoms with E-state index in [-0.39, 0.29) is 0 Å². The van der Waals surface area contributed by atoms with Gasteiger partial charge in [0.15, 0.2) is 0 Å². The van der Waals surface area contributed by atoms with Crippen molar-refractivity contribution < 1.29 is 5.11 Å². The standard InChI is InChI=1S/C17H25N3OS/c1-3-12-13-4-5-15(21)14(16(13)19-17(12)22-2)10-20-8-6-11(18)7-9-20/h4-5,11,19,21H,3,6-10,18H2,1-2H3. The molecule has 0 bridgehead atoms. The largest absolute Gasteiger partial charge is 0.508 e. The predicted molar refractivity (Wildman–Crippen MR) is 93.6 cm³/mol. The summed E-state index contributed by atoms with van der Waals surface area (Å²) < 4.78 is 0. The molecule has 0 spiro atoms. The highest BCUT2D eigenvalue weighted by Crippen LogP contribution is 2.35. The van der Waals surface area contributed by atoms with Gasteiger partial charge in [-0.25, -0.2) is 0 Å². The first-order valence-electron chi connectivity index (χ1n) is 8.01. The molecule has 1 fully saturated rings. The van der Waals surface area contributed by atoms with Crippen molar-refractivity contribution in [2.24, 2.45) is 5.73 Å². The van der Waals surface area contributed by atoms with Crippen molar-refractivity contribution in [1.29, 1.82) is 0 Å². The smallest absolute Gasteiger partial charge is 0.122 e. The van der Waals surface area contributed by atoms with E-state index in [0.29, 0.717) is 11.8 Å². The number of nitrogens with zero attached hydrogens (tertiary/aromatic N) is 1. The molecule has 1 saturated heterocycles. The van der Waals surface area contributed by atoms with E-state index in [9.17, 15) is 5.11 Å². The average Bonchev–Trinajstić information content (AvgIpc) is 2.90. The number of phenolic OH excluding ortho intramolecular Hbond substituents is 1. The van der Waals surface area contributed by atoms with Crippen LogP contribution in [0.3, 0.4) is 0 Å². The number of likely N-dealkylation sites (tertiary alicyclic amines) is 1. The van der Waals surface area contributed by atoms with Crippen LogP contribution in [0.25, 0.3) is 10.9 Å². The van der Waals surface area contributed by atoms with Crippen LogP contribution in [-0.4, -0.2) is 40.4 Å². The Morgan fingerprint density at radius 2 is 2.05 bits per heavy atom. The predicted octanol–water partition coefficient (Wildman–Crippen LogP) is 3.08. The zero-order chi connectivity index (χ0) is 15.7. The fraction of sp³-hybridized carbons (Fsp3) is 0.529. The lowest BCUT2D eigenvalue weighted by Gasteiger charge is -2.30. The van der Waals surface area contributed by atoms with Gasteiger partial charge in [-0.3, -0.25) is 4.90 Å². The highest BCUT2D eigenvalue weighted by molar-refractivity contribution is 7.98. The second kappa shape index (κ2) is 6.52. The van der Waals surface area contributed by atoms with Gasteiger partial charge in [-0.05, 0) is 56.3 Å². The summed E-state index contributed by atoms with van der Waals surface area (Å²) in [4.78, 5) is 5.92. The number of aromatic nitrogens is 1. The number of phenols is 1. The number of aromatic amines is 1. The van der Waals surface area contributed by atoms with Gasteiger partial charge in [-0.15, -0.1) is 11.8 Å². The number of aryl methyl sites for hydroxylation is 1. The molecule has 3 rings (SSSR count). The molecule has 0 unspecified atom stereocenters. The zero-order valence-corrected chi connectivity index (χ0v) is 14.2. The molecule has 1 aliphatic rings. The fourth-order valence-corrected chi connectivity index (χ4v) is 4.07. The normalized spacial score (nSPS) is 17.4. The Balaban J connectivity index is 1.97. The summed E-state index contributed by atoms with van der Waals surface area (Å²) in [5, 5.41) is 12.8. The maximum Gasteiger partial charge on any atom is 0.122 e. The summed E-state index contributed by atoms with van der Waals surface area (Å²) in [6.07, 6.45) is 5.17. The Morgan fingerprint density at radius 1 is 1.32 bits per heavy atom. The molecule has 120 valence electrons. The minimum Gasteiger partial charge on any atom is -0.508 e. The number of H-pyrrole nitrogens is 1. The van der Waals surface area contributed by atoms with Crippen LogP contribution in [0, 0.1) is 0 Å².